The molecule has 0 aliphatic carbocycles. The minimum absolute atomic E-state index is 0.0181. The van der Waals surface area contributed by atoms with Crippen molar-refractivity contribution in [3.63, 3.8) is 0 Å². The first kappa shape index (κ1) is 21.4. The molecule has 26 heavy (non-hydrogen) atoms. The van der Waals surface area contributed by atoms with Crippen molar-refractivity contribution in [3.05, 3.63) is 34.3 Å². The van der Waals surface area contributed by atoms with Crippen LogP contribution >= 0.6 is 15.9 Å². The second-order valence-corrected chi connectivity index (χ2v) is 9.91. The lowest BCUT2D eigenvalue weighted by molar-refractivity contribution is -0.139. The fraction of sp³-hybridized carbons (Fsp3) is 0.632. The summed E-state index contributed by atoms with van der Waals surface area (Å²) in [7, 11) is -3.16. The van der Waals surface area contributed by atoms with Crippen molar-refractivity contribution >= 4 is 31.9 Å². The Morgan fingerprint density at radius 2 is 1.88 bits per heavy atom. The highest BCUT2D eigenvalue weighted by Gasteiger charge is 2.34. The summed E-state index contributed by atoms with van der Waals surface area (Å²) in [6, 6.07) is 7.97. The maximum absolute atomic E-state index is 13.2. The van der Waals surface area contributed by atoms with Crippen molar-refractivity contribution in [1.29, 1.82) is 0 Å². The number of hydrogen-bond acceptors (Lipinski definition) is 3. The van der Waals surface area contributed by atoms with Gasteiger partial charge in [0.2, 0.25) is 15.9 Å². The second kappa shape index (κ2) is 9.33. The van der Waals surface area contributed by atoms with Crippen LogP contribution < -0.4 is 0 Å². The van der Waals surface area contributed by atoms with E-state index in [0.29, 0.717) is 32.5 Å². The molecule has 0 saturated carbocycles. The van der Waals surface area contributed by atoms with Gasteiger partial charge in [-0.25, -0.2) is 12.7 Å². The van der Waals surface area contributed by atoms with E-state index in [4.69, 9.17) is 0 Å². The van der Waals surface area contributed by atoms with Crippen LogP contribution in [0.5, 0.6) is 0 Å². The number of amides is 1. The van der Waals surface area contributed by atoms with Gasteiger partial charge in [0.25, 0.3) is 0 Å². The number of benzene rings is 1. The third-order valence-corrected chi connectivity index (χ3v) is 7.74. The van der Waals surface area contributed by atoms with Gasteiger partial charge in [0.1, 0.15) is 0 Å². The standard InChI is InChI=1S/C19H29BrN2O3S/c1-4-12-22(15(3)17-8-6-7-9-18(17)20)19(23)16-10-13-21(14-11-16)26(24,25)5-2/h6-9,15-16H,4-5,10-14H2,1-3H3/t15-/m0/s1. The molecule has 5 nitrogen and oxygen atoms in total. The summed E-state index contributed by atoms with van der Waals surface area (Å²) in [5, 5.41) is 0. The van der Waals surface area contributed by atoms with E-state index in [2.05, 4.69) is 29.8 Å². The maximum Gasteiger partial charge on any atom is 0.226 e. The molecule has 1 saturated heterocycles. The summed E-state index contributed by atoms with van der Waals surface area (Å²) < 4.78 is 26.6. The molecule has 0 bridgehead atoms. The first-order valence-corrected chi connectivity index (χ1v) is 11.7. The summed E-state index contributed by atoms with van der Waals surface area (Å²) >= 11 is 3.59. The summed E-state index contributed by atoms with van der Waals surface area (Å²) in [4.78, 5) is 15.1. The lowest BCUT2D eigenvalue weighted by atomic mass is 9.95. The van der Waals surface area contributed by atoms with Gasteiger partial charge in [-0.1, -0.05) is 41.1 Å². The molecule has 1 heterocycles. The Morgan fingerprint density at radius 1 is 1.27 bits per heavy atom. The van der Waals surface area contributed by atoms with E-state index in [1.165, 1.54) is 4.31 Å². The number of piperidine rings is 1. The SMILES string of the molecule is CCCN(C(=O)C1CCN(S(=O)(=O)CC)CC1)[C@@H](C)c1ccccc1Br. The largest absolute Gasteiger partial charge is 0.336 e. The highest BCUT2D eigenvalue weighted by atomic mass is 79.9. The van der Waals surface area contributed by atoms with Crippen LogP contribution in [-0.4, -0.2) is 48.9 Å². The van der Waals surface area contributed by atoms with E-state index in [-0.39, 0.29) is 23.6 Å². The molecule has 0 aromatic heterocycles. The van der Waals surface area contributed by atoms with Gasteiger partial charge in [0.05, 0.1) is 11.8 Å². The lowest BCUT2D eigenvalue weighted by Crippen LogP contribution is -2.45. The Balaban J connectivity index is 2.11. The summed E-state index contributed by atoms with van der Waals surface area (Å²) in [5.41, 5.74) is 1.10. The van der Waals surface area contributed by atoms with Gasteiger partial charge >= 0.3 is 0 Å². The minimum Gasteiger partial charge on any atom is -0.336 e. The molecule has 1 amide bonds. The first-order chi connectivity index (χ1) is 12.3. The van der Waals surface area contributed by atoms with Gasteiger partial charge in [-0.3, -0.25) is 4.79 Å². The first-order valence-electron chi connectivity index (χ1n) is 9.34. The predicted octanol–water partition coefficient (Wildman–Crippen LogP) is 3.81. The average molecular weight is 445 g/mol. The summed E-state index contributed by atoms with van der Waals surface area (Å²) in [6.07, 6.45) is 2.09. The van der Waals surface area contributed by atoms with Crippen molar-refractivity contribution in [2.24, 2.45) is 5.92 Å². The van der Waals surface area contributed by atoms with Gasteiger partial charge in [0, 0.05) is 30.0 Å². The van der Waals surface area contributed by atoms with Crippen LogP contribution in [-0.2, 0) is 14.8 Å². The molecule has 1 fully saturated rings. The van der Waals surface area contributed by atoms with E-state index in [1.54, 1.807) is 6.92 Å². The van der Waals surface area contributed by atoms with E-state index in [9.17, 15) is 13.2 Å². The van der Waals surface area contributed by atoms with Gasteiger partial charge in [-0.05, 0) is 44.7 Å². The smallest absolute Gasteiger partial charge is 0.226 e. The molecule has 1 atom stereocenters. The van der Waals surface area contributed by atoms with E-state index in [1.807, 2.05) is 29.2 Å². The number of carbonyl (C=O) groups is 1. The van der Waals surface area contributed by atoms with E-state index in [0.717, 1.165) is 16.5 Å². The monoisotopic (exact) mass is 444 g/mol. The molecular weight excluding hydrogens is 416 g/mol. The van der Waals surface area contributed by atoms with Gasteiger partial charge in [0.15, 0.2) is 0 Å². The molecule has 146 valence electrons. The third-order valence-electron chi connectivity index (χ3n) is 5.13. The summed E-state index contributed by atoms with van der Waals surface area (Å²) in [5.74, 6) is 0.158. The van der Waals surface area contributed by atoms with Crippen LogP contribution in [0.4, 0.5) is 0 Å². The van der Waals surface area contributed by atoms with Crippen LogP contribution in [0.1, 0.15) is 51.6 Å². The van der Waals surface area contributed by atoms with E-state index < -0.39 is 10.0 Å². The number of rotatable bonds is 7. The molecule has 1 aliphatic heterocycles. The topological polar surface area (TPSA) is 57.7 Å². The molecule has 7 heteroatoms. The Kier molecular flexibility index (Phi) is 7.67. The van der Waals surface area contributed by atoms with Crippen LogP contribution in [0.25, 0.3) is 0 Å². The molecule has 0 unspecified atom stereocenters. The number of hydrogen-bond donors (Lipinski definition) is 0. The number of sulfonamides is 1. The minimum atomic E-state index is -3.16. The summed E-state index contributed by atoms with van der Waals surface area (Å²) in [6.45, 7) is 7.38. The molecule has 0 radical (unpaired) electrons. The number of nitrogens with zero attached hydrogens (tertiary/aromatic N) is 2. The Labute approximate surface area is 165 Å². The Hall–Kier alpha value is -0.920. The predicted molar refractivity (Wildman–Crippen MR) is 108 cm³/mol. The molecule has 2 rings (SSSR count). The van der Waals surface area contributed by atoms with Gasteiger partial charge < -0.3 is 4.90 Å². The van der Waals surface area contributed by atoms with Crippen molar-refractivity contribution in [1.82, 2.24) is 9.21 Å². The van der Waals surface area contributed by atoms with Crippen LogP contribution in [0.2, 0.25) is 0 Å². The molecular formula is C19H29BrN2O3S. The van der Waals surface area contributed by atoms with Gasteiger partial charge in [-0.15, -0.1) is 0 Å². The Morgan fingerprint density at radius 3 is 2.42 bits per heavy atom. The highest BCUT2D eigenvalue weighted by Crippen LogP contribution is 2.31. The van der Waals surface area contributed by atoms with E-state index >= 15 is 0 Å². The molecule has 0 spiro atoms. The van der Waals surface area contributed by atoms with Crippen molar-refractivity contribution in [2.75, 3.05) is 25.4 Å². The fourth-order valence-corrected chi connectivity index (χ4v) is 5.26. The maximum atomic E-state index is 13.2. The van der Waals surface area contributed by atoms with Crippen molar-refractivity contribution < 1.29 is 13.2 Å². The molecule has 0 N–H and O–H groups in total. The normalized spacial score (nSPS) is 17.8. The zero-order chi connectivity index (χ0) is 19.3. The van der Waals surface area contributed by atoms with Crippen LogP contribution in [0, 0.1) is 5.92 Å². The zero-order valence-electron chi connectivity index (χ0n) is 15.8. The third kappa shape index (κ3) is 4.87. The average Bonchev–Trinajstić information content (AvgIpc) is 2.65. The van der Waals surface area contributed by atoms with Crippen LogP contribution in [0.15, 0.2) is 28.7 Å². The quantitative estimate of drug-likeness (QED) is 0.642. The zero-order valence-corrected chi connectivity index (χ0v) is 18.2. The molecule has 1 aromatic rings. The molecule has 1 aromatic carbocycles. The lowest BCUT2D eigenvalue weighted by Gasteiger charge is -2.36. The van der Waals surface area contributed by atoms with Gasteiger partial charge in [-0.2, -0.15) is 0 Å². The van der Waals surface area contributed by atoms with Crippen LogP contribution in [0.3, 0.4) is 0 Å². The highest BCUT2D eigenvalue weighted by molar-refractivity contribution is 9.10. The van der Waals surface area contributed by atoms with Crippen molar-refractivity contribution in [2.45, 2.75) is 46.1 Å². The molecule has 1 aliphatic rings. The number of carbonyl (C=O) groups excluding carboxylic acids is 1. The fourth-order valence-electron chi connectivity index (χ4n) is 3.52. The Bertz CT molecular complexity index is 715. The second-order valence-electron chi connectivity index (χ2n) is 6.80. The number of halogens is 1. The van der Waals surface area contributed by atoms with Crippen molar-refractivity contribution in [3.8, 4) is 0 Å².